The number of nitrogens with zero attached hydrogens (tertiary/aromatic N) is 2. The number of esters is 1. The van der Waals surface area contributed by atoms with Crippen LogP contribution in [0.25, 0.3) is 10.9 Å². The Morgan fingerprint density at radius 2 is 2.08 bits per heavy atom. The van der Waals surface area contributed by atoms with Crippen LogP contribution in [0.5, 0.6) is 0 Å². The summed E-state index contributed by atoms with van der Waals surface area (Å²) in [6.07, 6.45) is 1.55. The Morgan fingerprint density at radius 3 is 2.69 bits per heavy atom. The van der Waals surface area contributed by atoms with Crippen LogP contribution in [0, 0.1) is 0 Å². The van der Waals surface area contributed by atoms with Crippen LogP contribution < -0.4 is 11.2 Å². The maximum atomic E-state index is 12.8. The van der Waals surface area contributed by atoms with Crippen molar-refractivity contribution in [3.05, 3.63) is 68.8 Å². The molecule has 1 N–H and O–H groups in total. The quantitative estimate of drug-likeness (QED) is 0.693. The van der Waals surface area contributed by atoms with E-state index in [1.165, 1.54) is 25.3 Å². The number of aromatic nitrogens is 2. The van der Waals surface area contributed by atoms with Gasteiger partial charge in [0.2, 0.25) is 0 Å². The number of carbonyl (C=O) groups excluding carboxylic acids is 1. The summed E-state index contributed by atoms with van der Waals surface area (Å²) in [5, 5.41) is 0.314. The van der Waals surface area contributed by atoms with Crippen LogP contribution in [0.3, 0.4) is 0 Å². The van der Waals surface area contributed by atoms with E-state index in [2.05, 4.69) is 9.72 Å². The highest BCUT2D eigenvalue weighted by molar-refractivity contribution is 5.93. The fourth-order valence-electron chi connectivity index (χ4n) is 2.83. The van der Waals surface area contributed by atoms with Gasteiger partial charge < -0.3 is 14.1 Å². The minimum absolute atomic E-state index is 0.128. The lowest BCUT2D eigenvalue weighted by molar-refractivity contribution is 0.0601. The largest absolute Gasteiger partial charge is 0.468 e. The number of hydrogen-bond donors (Lipinski definition) is 1. The Balaban J connectivity index is 2.08. The number of fused-ring (bicyclic) bond motifs is 1. The fraction of sp³-hybridized carbons (Fsp3) is 0.278. The van der Waals surface area contributed by atoms with Crippen molar-refractivity contribution in [2.75, 3.05) is 21.2 Å². The highest BCUT2D eigenvalue weighted by Gasteiger charge is 2.20. The third-order valence-electron chi connectivity index (χ3n) is 4.25. The van der Waals surface area contributed by atoms with Gasteiger partial charge in [0.15, 0.2) is 0 Å². The average Bonchev–Trinajstić information content (AvgIpc) is 3.14. The average molecular weight is 357 g/mol. The molecular formula is C18H19N3O5. The van der Waals surface area contributed by atoms with Crippen molar-refractivity contribution >= 4 is 16.9 Å². The predicted molar refractivity (Wildman–Crippen MR) is 95.3 cm³/mol. The van der Waals surface area contributed by atoms with Crippen LogP contribution in [0.4, 0.5) is 0 Å². The number of carbonyl (C=O) groups is 1. The molecule has 0 saturated heterocycles. The minimum atomic E-state index is -0.553. The topological polar surface area (TPSA) is 97.5 Å². The first-order valence-corrected chi connectivity index (χ1v) is 7.97. The molecule has 3 rings (SSSR count). The van der Waals surface area contributed by atoms with E-state index in [4.69, 9.17) is 4.42 Å². The number of nitrogens with one attached hydrogen (secondary N) is 1. The Morgan fingerprint density at radius 1 is 1.31 bits per heavy atom. The van der Waals surface area contributed by atoms with Crippen molar-refractivity contribution in [2.24, 2.45) is 0 Å². The third-order valence-corrected chi connectivity index (χ3v) is 4.25. The molecule has 1 unspecified atom stereocenters. The molecule has 2 aromatic heterocycles. The van der Waals surface area contributed by atoms with Crippen molar-refractivity contribution in [3.8, 4) is 0 Å². The van der Waals surface area contributed by atoms with Gasteiger partial charge in [0.25, 0.3) is 5.56 Å². The summed E-state index contributed by atoms with van der Waals surface area (Å²) in [5.41, 5.74) is -0.436. The summed E-state index contributed by atoms with van der Waals surface area (Å²) in [5.74, 6) is 0.116. The first-order chi connectivity index (χ1) is 12.4. The van der Waals surface area contributed by atoms with Gasteiger partial charge in [-0.3, -0.25) is 14.3 Å². The van der Waals surface area contributed by atoms with Gasteiger partial charge in [-0.1, -0.05) is 0 Å². The van der Waals surface area contributed by atoms with E-state index in [-0.39, 0.29) is 18.2 Å². The molecule has 3 aromatic rings. The summed E-state index contributed by atoms with van der Waals surface area (Å²) in [4.78, 5) is 41.4. The Hall–Kier alpha value is -3.13. The zero-order chi connectivity index (χ0) is 18.8. The number of ether oxygens (including phenoxy) is 1. The third kappa shape index (κ3) is 3.18. The number of aromatic amines is 1. The monoisotopic (exact) mass is 357 g/mol. The molecule has 1 atom stereocenters. The van der Waals surface area contributed by atoms with Crippen LogP contribution in [-0.4, -0.2) is 41.6 Å². The van der Waals surface area contributed by atoms with Gasteiger partial charge in [-0.15, -0.1) is 0 Å². The molecule has 0 amide bonds. The number of methoxy groups -OCH3 is 1. The highest BCUT2D eigenvalue weighted by atomic mass is 16.5. The Labute approximate surface area is 148 Å². The molecule has 8 heteroatoms. The summed E-state index contributed by atoms with van der Waals surface area (Å²) in [6.45, 7) is 0.128. The summed E-state index contributed by atoms with van der Waals surface area (Å²) >= 11 is 0. The lowest BCUT2D eigenvalue weighted by atomic mass is 10.1. The molecule has 26 heavy (non-hydrogen) atoms. The lowest BCUT2D eigenvalue weighted by Gasteiger charge is -2.22. The second-order valence-corrected chi connectivity index (χ2v) is 6.09. The molecular weight excluding hydrogens is 338 g/mol. The van der Waals surface area contributed by atoms with Crippen LogP contribution in [0.2, 0.25) is 0 Å². The molecule has 1 aromatic carbocycles. The number of furan rings is 1. The van der Waals surface area contributed by atoms with E-state index in [9.17, 15) is 14.4 Å². The van der Waals surface area contributed by atoms with Crippen LogP contribution >= 0.6 is 0 Å². The molecule has 0 spiro atoms. The molecule has 0 fully saturated rings. The van der Waals surface area contributed by atoms with Crippen LogP contribution in [-0.2, 0) is 11.3 Å². The highest BCUT2D eigenvalue weighted by Crippen LogP contribution is 2.20. The van der Waals surface area contributed by atoms with E-state index in [0.717, 1.165) is 4.57 Å². The molecule has 0 bridgehead atoms. The second kappa shape index (κ2) is 7.01. The van der Waals surface area contributed by atoms with Gasteiger partial charge in [-0.05, 0) is 44.4 Å². The molecule has 0 aliphatic carbocycles. The first kappa shape index (κ1) is 17.7. The van der Waals surface area contributed by atoms with Crippen molar-refractivity contribution in [3.63, 3.8) is 0 Å². The summed E-state index contributed by atoms with van der Waals surface area (Å²) in [7, 11) is 4.95. The Kier molecular flexibility index (Phi) is 4.77. The molecule has 0 aliphatic heterocycles. The van der Waals surface area contributed by atoms with Crippen molar-refractivity contribution in [2.45, 2.75) is 12.6 Å². The van der Waals surface area contributed by atoms with E-state index < -0.39 is 17.2 Å². The Bertz CT molecular complexity index is 1050. The normalized spacial score (nSPS) is 12.5. The van der Waals surface area contributed by atoms with Gasteiger partial charge >= 0.3 is 11.7 Å². The lowest BCUT2D eigenvalue weighted by Crippen LogP contribution is -2.39. The van der Waals surface area contributed by atoms with Crippen molar-refractivity contribution in [1.82, 2.24) is 14.5 Å². The van der Waals surface area contributed by atoms with Crippen LogP contribution in [0.1, 0.15) is 22.2 Å². The van der Waals surface area contributed by atoms with E-state index in [1.807, 2.05) is 19.0 Å². The number of rotatable bonds is 5. The van der Waals surface area contributed by atoms with Crippen molar-refractivity contribution in [1.29, 1.82) is 0 Å². The smallest absolute Gasteiger partial charge is 0.337 e. The molecule has 136 valence electrons. The maximum Gasteiger partial charge on any atom is 0.337 e. The maximum absolute atomic E-state index is 12.8. The van der Waals surface area contributed by atoms with E-state index in [1.54, 1.807) is 18.4 Å². The number of H-pyrrole nitrogens is 1. The molecule has 2 heterocycles. The van der Waals surface area contributed by atoms with Gasteiger partial charge in [0, 0.05) is 0 Å². The number of likely N-dealkylation sites (N-methyl/N-ethyl adjacent to an activating group) is 1. The summed E-state index contributed by atoms with van der Waals surface area (Å²) in [6, 6.07) is 7.71. The molecule has 8 nitrogen and oxygen atoms in total. The van der Waals surface area contributed by atoms with Gasteiger partial charge in [0.05, 0.1) is 42.4 Å². The van der Waals surface area contributed by atoms with Gasteiger partial charge in [0.1, 0.15) is 5.76 Å². The standard InChI is InChI=1S/C18H19N3O5/c1-20(2)14(15-5-4-8-26-15)10-21-16(22)12-7-6-11(17(23)25-3)9-13(12)19-18(21)24/h4-9,14H,10H2,1-3H3,(H,19,24). The SMILES string of the molecule is COC(=O)c1ccc2c(=O)n(CC(c3ccco3)N(C)C)c(=O)[nH]c2c1. The van der Waals surface area contributed by atoms with Gasteiger partial charge in [-0.2, -0.15) is 0 Å². The van der Waals surface area contributed by atoms with E-state index >= 15 is 0 Å². The van der Waals surface area contributed by atoms with Crippen molar-refractivity contribution < 1.29 is 13.9 Å². The predicted octanol–water partition coefficient (Wildman–Crippen LogP) is 1.37. The van der Waals surface area contributed by atoms with Crippen LogP contribution in [0.15, 0.2) is 50.6 Å². The first-order valence-electron chi connectivity index (χ1n) is 7.97. The second-order valence-electron chi connectivity index (χ2n) is 6.09. The molecule has 0 radical (unpaired) electrons. The molecule has 0 aliphatic rings. The van der Waals surface area contributed by atoms with E-state index in [0.29, 0.717) is 16.7 Å². The van der Waals surface area contributed by atoms with Gasteiger partial charge in [-0.25, -0.2) is 9.59 Å². The molecule has 0 saturated carbocycles. The number of benzene rings is 1. The zero-order valence-electron chi connectivity index (χ0n) is 14.7. The fourth-order valence-corrected chi connectivity index (χ4v) is 2.83. The minimum Gasteiger partial charge on any atom is -0.468 e. The zero-order valence-corrected chi connectivity index (χ0v) is 14.7. The summed E-state index contributed by atoms with van der Waals surface area (Å²) < 4.78 is 11.2. The number of hydrogen-bond acceptors (Lipinski definition) is 6.